The van der Waals surface area contributed by atoms with E-state index in [1.165, 1.54) is 5.56 Å². The van der Waals surface area contributed by atoms with Crippen molar-refractivity contribution in [2.24, 2.45) is 0 Å². The highest BCUT2D eigenvalue weighted by Crippen LogP contribution is 2.39. The summed E-state index contributed by atoms with van der Waals surface area (Å²) in [4.78, 5) is 0. The first-order valence-corrected chi connectivity index (χ1v) is 11.0. The molecule has 0 saturated heterocycles. The van der Waals surface area contributed by atoms with Gasteiger partial charge in [0.1, 0.15) is 23.7 Å². The summed E-state index contributed by atoms with van der Waals surface area (Å²) in [5.41, 5.74) is 6.28. The van der Waals surface area contributed by atoms with Gasteiger partial charge in [-0.2, -0.15) is 0 Å². The zero-order valence-corrected chi connectivity index (χ0v) is 18.3. The second-order valence-electron chi connectivity index (χ2n) is 8.17. The topological polar surface area (TPSA) is 36.5 Å². The number of hydrogen-bond donors (Lipinski definition) is 0. The minimum atomic E-state index is 0.521. The number of fused-ring (bicyclic) bond motifs is 5. The second kappa shape index (κ2) is 8.06. The zero-order chi connectivity index (χ0) is 22.2. The number of ether oxygens (including phenoxy) is 2. The van der Waals surface area contributed by atoms with Crippen molar-refractivity contribution in [2.75, 3.05) is 7.11 Å². The fourth-order valence-corrected chi connectivity index (χ4v) is 4.45. The van der Waals surface area contributed by atoms with E-state index in [2.05, 4.69) is 53.1 Å². The summed E-state index contributed by atoms with van der Waals surface area (Å²) in [5, 5.41) is 2.12. The zero-order valence-electron chi connectivity index (χ0n) is 18.3. The van der Waals surface area contributed by atoms with Gasteiger partial charge in [0.15, 0.2) is 5.58 Å². The third kappa shape index (κ3) is 3.50. The first-order valence-electron chi connectivity index (χ1n) is 11.0. The van der Waals surface area contributed by atoms with Gasteiger partial charge in [-0.1, -0.05) is 60.7 Å². The molecule has 0 atom stereocenters. The molecule has 0 fully saturated rings. The maximum Gasteiger partial charge on any atom is 0.161 e. The number of methoxy groups -OCH3 is 1. The molecule has 0 saturated carbocycles. The highest BCUT2D eigenvalue weighted by molar-refractivity contribution is 6.15. The van der Waals surface area contributed by atoms with E-state index >= 15 is 0 Å². The molecule has 33 heavy (non-hydrogen) atoms. The van der Waals surface area contributed by atoms with Crippen LogP contribution >= 0.6 is 0 Å². The van der Waals surface area contributed by atoms with Crippen LogP contribution in [0.2, 0.25) is 0 Å². The van der Waals surface area contributed by atoms with E-state index in [0.717, 1.165) is 56.6 Å². The standard InChI is InChI=1S/C29H23NO3/c1-31-22-13-15-26-25(16-22)29-28(30(26)18-20-8-4-2-5-9-20)24-14-12-23(17-27(24)33-29)32-19-21-10-6-3-7-11-21/h2-17H,18-19H2,1H3. The molecule has 0 radical (unpaired) electrons. The maximum atomic E-state index is 6.42. The molecule has 2 aromatic heterocycles. The van der Waals surface area contributed by atoms with Crippen LogP contribution < -0.4 is 9.47 Å². The molecule has 4 aromatic carbocycles. The van der Waals surface area contributed by atoms with Crippen LogP contribution in [-0.4, -0.2) is 11.7 Å². The summed E-state index contributed by atoms with van der Waals surface area (Å²) in [6.45, 7) is 1.28. The van der Waals surface area contributed by atoms with E-state index in [0.29, 0.717) is 6.61 Å². The molecule has 162 valence electrons. The highest BCUT2D eigenvalue weighted by Gasteiger charge is 2.19. The lowest BCUT2D eigenvalue weighted by Gasteiger charge is -2.09. The van der Waals surface area contributed by atoms with Crippen molar-refractivity contribution in [1.82, 2.24) is 4.57 Å². The first kappa shape index (κ1) is 19.5. The minimum absolute atomic E-state index is 0.521. The predicted octanol–water partition coefficient (Wildman–Crippen LogP) is 7.18. The van der Waals surface area contributed by atoms with Gasteiger partial charge in [0.2, 0.25) is 0 Å². The van der Waals surface area contributed by atoms with Crippen molar-refractivity contribution in [1.29, 1.82) is 0 Å². The summed E-state index contributed by atoms with van der Waals surface area (Å²) in [7, 11) is 1.69. The van der Waals surface area contributed by atoms with Gasteiger partial charge < -0.3 is 18.5 Å². The van der Waals surface area contributed by atoms with Gasteiger partial charge in [-0.25, -0.2) is 0 Å². The predicted molar refractivity (Wildman–Crippen MR) is 132 cm³/mol. The Kier molecular flexibility index (Phi) is 4.76. The van der Waals surface area contributed by atoms with Crippen LogP contribution in [0, 0.1) is 0 Å². The molecule has 0 bridgehead atoms. The average Bonchev–Trinajstić information content (AvgIpc) is 3.38. The molecular formula is C29H23NO3. The first-order chi connectivity index (χ1) is 16.3. The quantitative estimate of drug-likeness (QED) is 0.279. The molecule has 6 rings (SSSR count). The molecular weight excluding hydrogens is 410 g/mol. The lowest BCUT2D eigenvalue weighted by molar-refractivity contribution is 0.306. The number of hydrogen-bond acceptors (Lipinski definition) is 3. The van der Waals surface area contributed by atoms with Crippen LogP contribution in [0.25, 0.3) is 33.0 Å². The average molecular weight is 434 g/mol. The molecule has 0 N–H and O–H groups in total. The lowest BCUT2D eigenvalue weighted by atomic mass is 10.2. The van der Waals surface area contributed by atoms with E-state index in [-0.39, 0.29) is 0 Å². The molecule has 0 spiro atoms. The van der Waals surface area contributed by atoms with Crippen LogP contribution in [0.3, 0.4) is 0 Å². The monoisotopic (exact) mass is 433 g/mol. The van der Waals surface area contributed by atoms with E-state index < -0.39 is 0 Å². The Balaban J connectivity index is 1.48. The maximum absolute atomic E-state index is 6.42. The van der Waals surface area contributed by atoms with Crippen molar-refractivity contribution < 1.29 is 13.9 Å². The smallest absolute Gasteiger partial charge is 0.161 e. The normalized spacial score (nSPS) is 11.4. The van der Waals surface area contributed by atoms with Crippen LogP contribution in [0.4, 0.5) is 0 Å². The van der Waals surface area contributed by atoms with Crippen LogP contribution in [0.1, 0.15) is 11.1 Å². The van der Waals surface area contributed by atoms with Gasteiger partial charge in [-0.05, 0) is 41.5 Å². The Morgan fingerprint density at radius 1 is 0.727 bits per heavy atom. The number of benzene rings is 4. The van der Waals surface area contributed by atoms with Gasteiger partial charge in [0.05, 0.1) is 18.1 Å². The molecule has 4 heteroatoms. The third-order valence-corrected chi connectivity index (χ3v) is 6.08. The van der Waals surface area contributed by atoms with Crippen molar-refractivity contribution >= 4 is 33.0 Å². The molecule has 0 unspecified atom stereocenters. The Morgan fingerprint density at radius 3 is 2.21 bits per heavy atom. The number of rotatable bonds is 6. The second-order valence-corrected chi connectivity index (χ2v) is 8.17. The van der Waals surface area contributed by atoms with E-state index in [1.54, 1.807) is 7.11 Å². The summed E-state index contributed by atoms with van der Waals surface area (Å²) in [6, 6.07) is 32.9. The molecule has 0 aliphatic heterocycles. The third-order valence-electron chi connectivity index (χ3n) is 6.08. The summed E-state index contributed by atoms with van der Waals surface area (Å²) in [6.07, 6.45) is 0. The van der Waals surface area contributed by atoms with Gasteiger partial charge in [-0.3, -0.25) is 0 Å². The van der Waals surface area contributed by atoms with E-state index in [1.807, 2.05) is 48.5 Å². The van der Waals surface area contributed by atoms with Gasteiger partial charge >= 0.3 is 0 Å². The molecule has 4 nitrogen and oxygen atoms in total. The van der Waals surface area contributed by atoms with Crippen LogP contribution in [0.5, 0.6) is 11.5 Å². The molecule has 0 aliphatic carbocycles. The van der Waals surface area contributed by atoms with Crippen molar-refractivity contribution in [3.8, 4) is 11.5 Å². The van der Waals surface area contributed by atoms with Crippen molar-refractivity contribution in [3.63, 3.8) is 0 Å². The molecule has 0 amide bonds. The Labute approximate surface area is 191 Å². The van der Waals surface area contributed by atoms with Gasteiger partial charge in [-0.15, -0.1) is 0 Å². The van der Waals surface area contributed by atoms with Crippen molar-refractivity contribution in [3.05, 3.63) is 108 Å². The Bertz CT molecular complexity index is 1560. The van der Waals surface area contributed by atoms with Gasteiger partial charge in [0, 0.05) is 23.4 Å². The molecule has 2 heterocycles. The number of furan rings is 1. The van der Waals surface area contributed by atoms with E-state index in [4.69, 9.17) is 13.9 Å². The Hall–Kier alpha value is -4.18. The van der Waals surface area contributed by atoms with E-state index in [9.17, 15) is 0 Å². The van der Waals surface area contributed by atoms with Crippen LogP contribution in [0.15, 0.2) is 101 Å². The number of aromatic nitrogens is 1. The Morgan fingerprint density at radius 2 is 1.45 bits per heavy atom. The van der Waals surface area contributed by atoms with Crippen LogP contribution in [-0.2, 0) is 13.2 Å². The largest absolute Gasteiger partial charge is 0.497 e. The fraction of sp³-hybridized carbons (Fsp3) is 0.103. The molecule has 6 aromatic rings. The minimum Gasteiger partial charge on any atom is -0.497 e. The summed E-state index contributed by atoms with van der Waals surface area (Å²) in [5.74, 6) is 1.60. The summed E-state index contributed by atoms with van der Waals surface area (Å²) < 4.78 is 20.3. The molecule has 0 aliphatic rings. The SMILES string of the molecule is COc1ccc2c(c1)c1oc3cc(OCc4ccccc4)ccc3c1n2Cc1ccccc1. The van der Waals surface area contributed by atoms with Gasteiger partial charge in [0.25, 0.3) is 0 Å². The fourth-order valence-electron chi connectivity index (χ4n) is 4.45. The lowest BCUT2D eigenvalue weighted by Crippen LogP contribution is -1.99. The van der Waals surface area contributed by atoms with Crippen molar-refractivity contribution in [2.45, 2.75) is 13.2 Å². The summed E-state index contributed by atoms with van der Waals surface area (Å²) >= 11 is 0. The number of nitrogens with zero attached hydrogens (tertiary/aromatic N) is 1. The highest BCUT2D eigenvalue weighted by atomic mass is 16.5.